The smallest absolute Gasteiger partial charge is 0.405 e. The Morgan fingerprint density at radius 2 is 2.07 bits per heavy atom. The van der Waals surface area contributed by atoms with E-state index in [1.54, 1.807) is 7.11 Å². The summed E-state index contributed by atoms with van der Waals surface area (Å²) < 4.78 is 11.5. The number of ether oxygens (including phenoxy) is 2. The van der Waals surface area contributed by atoms with Gasteiger partial charge in [0, 0.05) is 5.56 Å². The largest absolute Gasteiger partial charge is 0.496 e. The highest BCUT2D eigenvalue weighted by atomic mass is 16.5. The maximum Gasteiger partial charge on any atom is 0.405 e. The van der Waals surface area contributed by atoms with Gasteiger partial charge in [-0.3, -0.25) is 0 Å². The Balaban J connectivity index is 1.99. The van der Waals surface area contributed by atoms with Crippen molar-refractivity contribution < 1.29 is 19.4 Å². The van der Waals surface area contributed by atoms with Crippen LogP contribution in [0.4, 0.5) is 4.79 Å². The molecule has 150 valence electrons. The van der Waals surface area contributed by atoms with E-state index in [9.17, 15) is 9.90 Å². The van der Waals surface area contributed by atoms with Gasteiger partial charge < -0.3 is 19.9 Å². The number of rotatable bonds is 7. The molecule has 0 bridgehead atoms. The average molecular weight is 383 g/mol. The number of nitrogens with one attached hydrogen (secondary N) is 1. The van der Waals surface area contributed by atoms with Gasteiger partial charge in [0.15, 0.2) is 0 Å². The van der Waals surface area contributed by atoms with Crippen LogP contribution in [0.2, 0.25) is 0 Å². The molecular weight excluding hydrogens is 354 g/mol. The molecule has 0 heterocycles. The first-order chi connectivity index (χ1) is 13.4. The van der Waals surface area contributed by atoms with Gasteiger partial charge in [-0.05, 0) is 59.2 Å². The third-order valence-electron chi connectivity index (χ3n) is 5.38. The Labute approximate surface area is 166 Å². The monoisotopic (exact) mass is 383 g/mol. The summed E-state index contributed by atoms with van der Waals surface area (Å²) in [6.45, 7) is 7.02. The standard InChI is InChI=1S/C23H29NO4/c1-5-6-10-28-17-9-7-8-15(11-17)18-12-16-14-23(2,3)21(24-22(25)26)19(16)13-20(18)27-4/h7-9,11-13,21,24H,5-6,10,14H2,1-4H3,(H,25,26). The van der Waals surface area contributed by atoms with Crippen molar-refractivity contribution in [2.24, 2.45) is 5.41 Å². The third-order valence-corrected chi connectivity index (χ3v) is 5.38. The maximum absolute atomic E-state index is 11.3. The highest BCUT2D eigenvalue weighted by Crippen LogP contribution is 2.48. The molecule has 28 heavy (non-hydrogen) atoms. The number of carbonyl (C=O) groups is 1. The minimum absolute atomic E-state index is 0.199. The summed E-state index contributed by atoms with van der Waals surface area (Å²) in [5.74, 6) is 1.58. The van der Waals surface area contributed by atoms with Crippen molar-refractivity contribution in [1.82, 2.24) is 5.32 Å². The van der Waals surface area contributed by atoms with Crippen LogP contribution in [-0.4, -0.2) is 24.9 Å². The summed E-state index contributed by atoms with van der Waals surface area (Å²) >= 11 is 0. The number of amides is 1. The average Bonchev–Trinajstić information content (AvgIpc) is 2.90. The van der Waals surface area contributed by atoms with Gasteiger partial charge >= 0.3 is 6.09 Å². The van der Waals surface area contributed by atoms with Crippen LogP contribution in [0.1, 0.15) is 50.8 Å². The molecule has 1 amide bonds. The molecule has 0 radical (unpaired) electrons. The second-order valence-electron chi connectivity index (χ2n) is 8.03. The van der Waals surface area contributed by atoms with E-state index in [-0.39, 0.29) is 11.5 Å². The van der Waals surface area contributed by atoms with Gasteiger partial charge in [0.2, 0.25) is 0 Å². The maximum atomic E-state index is 11.3. The number of benzene rings is 2. The zero-order valence-corrected chi connectivity index (χ0v) is 17.0. The van der Waals surface area contributed by atoms with E-state index >= 15 is 0 Å². The lowest BCUT2D eigenvalue weighted by atomic mass is 9.85. The molecule has 0 saturated carbocycles. The van der Waals surface area contributed by atoms with E-state index in [0.29, 0.717) is 6.61 Å². The molecule has 1 aliphatic rings. The van der Waals surface area contributed by atoms with Crippen LogP contribution in [0.15, 0.2) is 36.4 Å². The van der Waals surface area contributed by atoms with Gasteiger partial charge in [0.05, 0.1) is 19.8 Å². The molecule has 2 N–H and O–H groups in total. The quantitative estimate of drug-likeness (QED) is 0.626. The lowest BCUT2D eigenvalue weighted by Gasteiger charge is -2.27. The molecule has 5 heteroatoms. The Hall–Kier alpha value is -2.69. The molecule has 2 aromatic carbocycles. The molecule has 3 rings (SSSR count). The lowest BCUT2D eigenvalue weighted by Crippen LogP contribution is -2.34. The van der Waals surface area contributed by atoms with Crippen molar-refractivity contribution in [1.29, 1.82) is 0 Å². The van der Waals surface area contributed by atoms with Crippen LogP contribution in [0.3, 0.4) is 0 Å². The minimum atomic E-state index is -1.01. The van der Waals surface area contributed by atoms with E-state index in [1.807, 2.05) is 30.3 Å². The van der Waals surface area contributed by atoms with Gasteiger partial charge in [0.1, 0.15) is 11.5 Å². The fourth-order valence-electron chi connectivity index (χ4n) is 3.95. The third kappa shape index (κ3) is 4.08. The summed E-state index contributed by atoms with van der Waals surface area (Å²) in [5.41, 5.74) is 3.96. The molecular formula is C23H29NO4. The van der Waals surface area contributed by atoms with Crippen molar-refractivity contribution in [3.63, 3.8) is 0 Å². The zero-order valence-electron chi connectivity index (χ0n) is 17.0. The fourth-order valence-corrected chi connectivity index (χ4v) is 3.95. The molecule has 1 unspecified atom stereocenters. The molecule has 1 aliphatic carbocycles. The van der Waals surface area contributed by atoms with E-state index in [0.717, 1.165) is 53.0 Å². The first kappa shape index (κ1) is 20.1. The molecule has 1 atom stereocenters. The van der Waals surface area contributed by atoms with Crippen LogP contribution in [0.5, 0.6) is 11.5 Å². The number of carboxylic acid groups (broad SMARTS) is 1. The van der Waals surface area contributed by atoms with Gasteiger partial charge in [-0.25, -0.2) is 4.79 Å². The Morgan fingerprint density at radius 3 is 2.75 bits per heavy atom. The summed E-state index contributed by atoms with van der Waals surface area (Å²) in [7, 11) is 1.65. The van der Waals surface area contributed by atoms with Crippen LogP contribution in [-0.2, 0) is 6.42 Å². The fraction of sp³-hybridized carbons (Fsp3) is 0.435. The second-order valence-corrected chi connectivity index (χ2v) is 8.03. The molecule has 2 aromatic rings. The van der Waals surface area contributed by atoms with E-state index in [4.69, 9.17) is 9.47 Å². The summed E-state index contributed by atoms with van der Waals surface area (Å²) in [6.07, 6.45) is 1.92. The second kappa shape index (κ2) is 8.13. The van der Waals surface area contributed by atoms with Crippen molar-refractivity contribution >= 4 is 6.09 Å². The predicted octanol–water partition coefficient (Wildman–Crippen LogP) is 5.43. The van der Waals surface area contributed by atoms with Crippen molar-refractivity contribution in [2.45, 2.75) is 46.1 Å². The lowest BCUT2D eigenvalue weighted by molar-refractivity contribution is 0.175. The van der Waals surface area contributed by atoms with E-state index < -0.39 is 6.09 Å². The number of unbranched alkanes of at least 4 members (excludes halogenated alkanes) is 1. The van der Waals surface area contributed by atoms with Gasteiger partial charge in [-0.1, -0.05) is 39.3 Å². The normalized spacial score (nSPS) is 17.1. The SMILES string of the molecule is CCCCOc1cccc(-c2cc3c(cc2OC)C(NC(=O)O)C(C)(C)C3)c1. The van der Waals surface area contributed by atoms with Gasteiger partial charge in [-0.15, -0.1) is 0 Å². The van der Waals surface area contributed by atoms with Crippen molar-refractivity contribution in [3.8, 4) is 22.6 Å². The molecule has 0 fully saturated rings. The zero-order chi connectivity index (χ0) is 20.3. The van der Waals surface area contributed by atoms with Crippen LogP contribution in [0.25, 0.3) is 11.1 Å². The van der Waals surface area contributed by atoms with Gasteiger partial charge in [0.25, 0.3) is 0 Å². The molecule has 5 nitrogen and oxygen atoms in total. The summed E-state index contributed by atoms with van der Waals surface area (Å²) in [5, 5.41) is 11.9. The number of hydrogen-bond acceptors (Lipinski definition) is 3. The Bertz CT molecular complexity index is 860. The topological polar surface area (TPSA) is 67.8 Å². The highest BCUT2D eigenvalue weighted by Gasteiger charge is 2.40. The first-order valence-electron chi connectivity index (χ1n) is 9.79. The Morgan fingerprint density at radius 1 is 1.29 bits per heavy atom. The van der Waals surface area contributed by atoms with E-state index in [2.05, 4.69) is 32.2 Å². The van der Waals surface area contributed by atoms with Crippen LogP contribution >= 0.6 is 0 Å². The number of hydrogen-bond donors (Lipinski definition) is 2. The first-order valence-corrected chi connectivity index (χ1v) is 9.79. The number of fused-ring (bicyclic) bond motifs is 1. The molecule has 0 spiro atoms. The minimum Gasteiger partial charge on any atom is -0.496 e. The molecule has 0 aromatic heterocycles. The summed E-state index contributed by atoms with van der Waals surface area (Å²) in [4.78, 5) is 11.3. The predicted molar refractivity (Wildman–Crippen MR) is 110 cm³/mol. The number of methoxy groups -OCH3 is 1. The Kier molecular flexibility index (Phi) is 5.82. The van der Waals surface area contributed by atoms with Crippen molar-refractivity contribution in [2.75, 3.05) is 13.7 Å². The van der Waals surface area contributed by atoms with Crippen molar-refractivity contribution in [3.05, 3.63) is 47.5 Å². The molecule has 0 aliphatic heterocycles. The van der Waals surface area contributed by atoms with Crippen LogP contribution < -0.4 is 14.8 Å². The van der Waals surface area contributed by atoms with E-state index in [1.165, 1.54) is 0 Å². The highest BCUT2D eigenvalue weighted by molar-refractivity contribution is 5.74. The molecule has 0 saturated heterocycles. The van der Waals surface area contributed by atoms with Crippen LogP contribution in [0, 0.1) is 5.41 Å². The summed E-state index contributed by atoms with van der Waals surface area (Å²) in [6, 6.07) is 11.9. The van der Waals surface area contributed by atoms with Gasteiger partial charge in [-0.2, -0.15) is 0 Å².